The number of ether oxygens (including phenoxy) is 1. The second kappa shape index (κ2) is 9.30. The number of esters is 1. The van der Waals surface area contributed by atoms with Crippen molar-refractivity contribution in [2.45, 2.75) is 19.5 Å². The van der Waals surface area contributed by atoms with E-state index < -0.39 is 30.2 Å². The molecule has 150 valence electrons. The van der Waals surface area contributed by atoms with E-state index in [1.807, 2.05) is 0 Å². The van der Waals surface area contributed by atoms with Crippen LogP contribution in [0.25, 0.3) is 0 Å². The van der Waals surface area contributed by atoms with Gasteiger partial charge in [-0.25, -0.2) is 0 Å². The van der Waals surface area contributed by atoms with E-state index in [-0.39, 0.29) is 34.3 Å². The number of benzene rings is 2. The number of nitrogens with zero attached hydrogens (tertiary/aromatic N) is 1. The van der Waals surface area contributed by atoms with E-state index in [9.17, 15) is 22.8 Å². The van der Waals surface area contributed by atoms with Crippen molar-refractivity contribution in [1.82, 2.24) is 0 Å². The van der Waals surface area contributed by atoms with Crippen molar-refractivity contribution in [3.05, 3.63) is 63.6 Å². The summed E-state index contributed by atoms with van der Waals surface area (Å²) < 4.78 is 43.6. The molecule has 0 saturated heterocycles. The van der Waals surface area contributed by atoms with Gasteiger partial charge in [-0.2, -0.15) is 13.2 Å². The van der Waals surface area contributed by atoms with E-state index in [0.717, 1.165) is 17.0 Å². The van der Waals surface area contributed by atoms with Gasteiger partial charge in [0, 0.05) is 0 Å². The van der Waals surface area contributed by atoms with E-state index >= 15 is 0 Å². The summed E-state index contributed by atoms with van der Waals surface area (Å²) >= 11 is 12.3. The molecule has 0 aliphatic rings. The van der Waals surface area contributed by atoms with E-state index in [1.54, 1.807) is 13.0 Å². The molecule has 2 aromatic carbocycles. The van der Waals surface area contributed by atoms with Crippen molar-refractivity contribution in [2.24, 2.45) is 0 Å². The molecule has 0 spiro atoms. The van der Waals surface area contributed by atoms with Crippen LogP contribution in [0.5, 0.6) is 0 Å². The van der Waals surface area contributed by atoms with Crippen molar-refractivity contribution < 1.29 is 27.5 Å². The highest BCUT2D eigenvalue weighted by Gasteiger charge is 2.31. The fourth-order valence-electron chi connectivity index (χ4n) is 2.50. The molecule has 2 aromatic rings. The van der Waals surface area contributed by atoms with Crippen LogP contribution in [0, 0.1) is 0 Å². The van der Waals surface area contributed by atoms with Crippen molar-refractivity contribution in [3.8, 4) is 0 Å². The minimum absolute atomic E-state index is 0.0934. The number of anilines is 1. The van der Waals surface area contributed by atoms with E-state index in [2.05, 4.69) is 0 Å². The van der Waals surface area contributed by atoms with Crippen molar-refractivity contribution in [2.75, 3.05) is 18.1 Å². The third kappa shape index (κ3) is 5.62. The number of alkyl halides is 3. The van der Waals surface area contributed by atoms with Gasteiger partial charge in [0.1, 0.15) is 6.54 Å². The number of carbonyl (C=O) groups excluding carboxylic acids is 2. The Bertz CT molecular complexity index is 851. The molecule has 0 fully saturated rings. The molecule has 0 bridgehead atoms. The molecule has 4 nitrogen and oxygen atoms in total. The first kappa shape index (κ1) is 22.0. The molecule has 0 radical (unpaired) electrons. The van der Waals surface area contributed by atoms with E-state index in [1.165, 1.54) is 24.3 Å². The number of carbonyl (C=O) groups is 2. The van der Waals surface area contributed by atoms with Crippen LogP contribution in [0.15, 0.2) is 42.5 Å². The molecule has 0 saturated carbocycles. The van der Waals surface area contributed by atoms with Gasteiger partial charge in [-0.15, -0.1) is 0 Å². The lowest BCUT2D eigenvalue weighted by Gasteiger charge is -2.24. The molecule has 0 aromatic heterocycles. The first-order valence-corrected chi connectivity index (χ1v) is 8.95. The average Bonchev–Trinajstić information content (AvgIpc) is 2.60. The Labute approximate surface area is 169 Å². The number of halogens is 5. The molecular formula is C19H16Cl2F3NO3. The minimum atomic E-state index is -4.53. The van der Waals surface area contributed by atoms with Gasteiger partial charge in [0.15, 0.2) is 0 Å². The van der Waals surface area contributed by atoms with Gasteiger partial charge in [-0.1, -0.05) is 47.5 Å². The highest BCUT2D eigenvalue weighted by Crippen LogP contribution is 2.34. The lowest BCUT2D eigenvalue weighted by molar-refractivity contribution is -0.142. The molecule has 0 N–H and O–H groups in total. The van der Waals surface area contributed by atoms with Crippen LogP contribution in [0.3, 0.4) is 0 Å². The summed E-state index contributed by atoms with van der Waals surface area (Å²) in [5.41, 5.74) is -0.641. The molecule has 0 aliphatic heterocycles. The first-order chi connectivity index (χ1) is 13.1. The molecular weight excluding hydrogens is 418 g/mol. The maximum Gasteiger partial charge on any atom is 0.416 e. The maximum absolute atomic E-state index is 12.9. The van der Waals surface area contributed by atoms with Crippen molar-refractivity contribution in [3.63, 3.8) is 0 Å². The van der Waals surface area contributed by atoms with Gasteiger partial charge in [0.2, 0.25) is 5.91 Å². The number of amides is 1. The monoisotopic (exact) mass is 433 g/mol. The number of hydrogen-bond donors (Lipinski definition) is 0. The van der Waals surface area contributed by atoms with Crippen LogP contribution in [0.2, 0.25) is 10.0 Å². The normalized spacial score (nSPS) is 11.2. The van der Waals surface area contributed by atoms with Crippen LogP contribution in [0.4, 0.5) is 18.9 Å². The third-order valence-electron chi connectivity index (χ3n) is 3.71. The first-order valence-electron chi connectivity index (χ1n) is 8.19. The Morgan fingerprint density at radius 1 is 1.07 bits per heavy atom. The van der Waals surface area contributed by atoms with Crippen LogP contribution in [-0.4, -0.2) is 25.0 Å². The van der Waals surface area contributed by atoms with Crippen molar-refractivity contribution >= 4 is 40.8 Å². The maximum atomic E-state index is 12.9. The quantitative estimate of drug-likeness (QED) is 0.591. The number of rotatable bonds is 6. The highest BCUT2D eigenvalue weighted by molar-refractivity contribution is 6.40. The Kier molecular flexibility index (Phi) is 7.32. The van der Waals surface area contributed by atoms with Crippen LogP contribution in [0.1, 0.15) is 18.1 Å². The zero-order valence-corrected chi connectivity index (χ0v) is 16.2. The minimum Gasteiger partial charge on any atom is -0.465 e. The third-order valence-corrected chi connectivity index (χ3v) is 4.32. The summed E-state index contributed by atoms with van der Waals surface area (Å²) in [7, 11) is 0. The fourth-order valence-corrected chi connectivity index (χ4v) is 3.10. The average molecular weight is 434 g/mol. The Balaban J connectivity index is 2.35. The molecule has 0 aliphatic carbocycles. The summed E-state index contributed by atoms with van der Waals surface area (Å²) in [6.07, 6.45) is -4.92. The molecule has 1 amide bonds. The van der Waals surface area contributed by atoms with Gasteiger partial charge >= 0.3 is 12.1 Å². The molecule has 0 atom stereocenters. The van der Waals surface area contributed by atoms with Crippen molar-refractivity contribution in [1.29, 1.82) is 0 Å². The van der Waals surface area contributed by atoms with Gasteiger partial charge in [-0.05, 0) is 30.7 Å². The van der Waals surface area contributed by atoms with E-state index in [4.69, 9.17) is 27.9 Å². The molecule has 0 unspecified atom stereocenters. The SMILES string of the molecule is CCOC(=O)CN(C(=O)Cc1cccc(C(F)(F)F)c1)c1c(Cl)cccc1Cl. The Morgan fingerprint density at radius 3 is 2.25 bits per heavy atom. The predicted molar refractivity (Wildman–Crippen MR) is 101 cm³/mol. The zero-order valence-electron chi connectivity index (χ0n) is 14.7. The molecule has 2 rings (SSSR count). The summed E-state index contributed by atoms with van der Waals surface area (Å²) in [5, 5.41) is 0.239. The summed E-state index contributed by atoms with van der Waals surface area (Å²) in [4.78, 5) is 25.8. The molecule has 9 heteroatoms. The largest absolute Gasteiger partial charge is 0.465 e. The van der Waals surface area contributed by atoms with E-state index in [0.29, 0.717) is 0 Å². The smallest absolute Gasteiger partial charge is 0.416 e. The molecule has 0 heterocycles. The van der Waals surface area contributed by atoms with Gasteiger partial charge < -0.3 is 4.74 Å². The summed E-state index contributed by atoms with van der Waals surface area (Å²) in [5.74, 6) is -1.35. The predicted octanol–water partition coefficient (Wildman–Crippen LogP) is 5.15. The van der Waals surface area contributed by atoms with Gasteiger partial charge in [0.05, 0.1) is 34.3 Å². The van der Waals surface area contributed by atoms with Gasteiger partial charge in [0.25, 0.3) is 0 Å². The Hall–Kier alpha value is -2.25. The van der Waals surface area contributed by atoms with Gasteiger partial charge in [-0.3, -0.25) is 14.5 Å². The fraction of sp³-hybridized carbons (Fsp3) is 0.263. The molecule has 28 heavy (non-hydrogen) atoms. The number of hydrogen-bond acceptors (Lipinski definition) is 3. The number of para-hydroxylation sites is 1. The topological polar surface area (TPSA) is 46.6 Å². The van der Waals surface area contributed by atoms with Crippen LogP contribution < -0.4 is 4.90 Å². The van der Waals surface area contributed by atoms with Crippen LogP contribution in [-0.2, 0) is 26.9 Å². The van der Waals surface area contributed by atoms with Crippen LogP contribution >= 0.6 is 23.2 Å². The summed E-state index contributed by atoms with van der Waals surface area (Å²) in [6, 6.07) is 8.93. The second-order valence-corrected chi connectivity index (χ2v) is 6.54. The lowest BCUT2D eigenvalue weighted by Crippen LogP contribution is -2.38. The zero-order chi connectivity index (χ0) is 20.9. The summed E-state index contributed by atoms with van der Waals surface area (Å²) in [6.45, 7) is 1.23. The standard InChI is InChI=1S/C19H16Cl2F3NO3/c1-2-28-17(27)11-25(18-14(20)7-4-8-15(18)21)16(26)10-12-5-3-6-13(9-12)19(22,23)24/h3-9H,2,10-11H2,1H3. The highest BCUT2D eigenvalue weighted by atomic mass is 35.5. The Morgan fingerprint density at radius 2 is 1.68 bits per heavy atom. The lowest BCUT2D eigenvalue weighted by atomic mass is 10.1. The second-order valence-electron chi connectivity index (χ2n) is 5.73.